The molecule has 0 saturated heterocycles. The Balaban J connectivity index is 2.36. The monoisotopic (exact) mass is 224 g/mol. The van der Waals surface area contributed by atoms with Crippen molar-refractivity contribution in [1.29, 1.82) is 5.26 Å². The third-order valence-electron chi connectivity index (χ3n) is 3.06. The number of hydrogen-bond acceptors (Lipinski definition) is 1. The van der Waals surface area contributed by atoms with Crippen LogP contribution < -0.4 is 0 Å². The van der Waals surface area contributed by atoms with Gasteiger partial charge < -0.3 is 4.57 Å². The van der Waals surface area contributed by atoms with Gasteiger partial charge in [-0.25, -0.2) is 0 Å². The fourth-order valence-electron chi connectivity index (χ4n) is 2.08. The summed E-state index contributed by atoms with van der Waals surface area (Å²) in [6.45, 7) is 6.87. The van der Waals surface area contributed by atoms with Gasteiger partial charge in [0.1, 0.15) is 11.8 Å². The second-order valence-electron chi connectivity index (χ2n) is 4.50. The molecule has 0 fully saturated rings. The molecule has 2 aromatic rings. The molecule has 17 heavy (non-hydrogen) atoms. The zero-order valence-electron chi connectivity index (χ0n) is 10.5. The molecule has 0 unspecified atom stereocenters. The molecule has 2 nitrogen and oxygen atoms in total. The lowest BCUT2D eigenvalue weighted by molar-refractivity contribution is 0.763. The number of aryl methyl sites for hydroxylation is 3. The summed E-state index contributed by atoms with van der Waals surface area (Å²) >= 11 is 0. The van der Waals surface area contributed by atoms with Crippen LogP contribution in [0.2, 0.25) is 0 Å². The lowest BCUT2D eigenvalue weighted by atomic mass is 10.1. The lowest BCUT2D eigenvalue weighted by Gasteiger charge is -2.08. The summed E-state index contributed by atoms with van der Waals surface area (Å²) in [4.78, 5) is 0. The Labute approximate surface area is 102 Å². The standard InChI is InChI=1S/C15H16N2/c1-11-4-6-14(7-5-11)10-17-13(3)8-12(2)15(17)9-16/h4-8H,10H2,1-3H3. The van der Waals surface area contributed by atoms with Crippen LogP contribution in [-0.2, 0) is 6.54 Å². The fraction of sp³-hybridized carbons (Fsp3) is 0.267. The average Bonchev–Trinajstić information content (AvgIpc) is 2.57. The lowest BCUT2D eigenvalue weighted by Crippen LogP contribution is -2.04. The van der Waals surface area contributed by atoms with Gasteiger partial charge in [-0.15, -0.1) is 0 Å². The van der Waals surface area contributed by atoms with Crippen molar-refractivity contribution in [2.75, 3.05) is 0 Å². The molecule has 86 valence electrons. The topological polar surface area (TPSA) is 28.7 Å². The predicted octanol–water partition coefficient (Wildman–Crippen LogP) is 3.33. The molecular weight excluding hydrogens is 208 g/mol. The van der Waals surface area contributed by atoms with Gasteiger partial charge in [-0.3, -0.25) is 0 Å². The smallest absolute Gasteiger partial charge is 0.123 e. The Morgan fingerprint density at radius 2 is 1.76 bits per heavy atom. The maximum absolute atomic E-state index is 9.16. The maximum Gasteiger partial charge on any atom is 0.123 e. The molecule has 2 heteroatoms. The molecule has 0 aliphatic carbocycles. The van der Waals surface area contributed by atoms with Crippen LogP contribution in [0.25, 0.3) is 0 Å². The van der Waals surface area contributed by atoms with Crippen LogP contribution in [0, 0.1) is 32.1 Å². The van der Waals surface area contributed by atoms with Crippen LogP contribution in [0.5, 0.6) is 0 Å². The molecule has 0 saturated carbocycles. The van der Waals surface area contributed by atoms with Gasteiger partial charge in [0.05, 0.1) is 0 Å². The minimum Gasteiger partial charge on any atom is -0.332 e. The molecule has 0 spiro atoms. The quantitative estimate of drug-likeness (QED) is 0.769. The number of nitrogens with zero attached hydrogens (tertiary/aromatic N) is 2. The van der Waals surface area contributed by atoms with E-state index in [-0.39, 0.29) is 0 Å². The molecule has 0 radical (unpaired) electrons. The van der Waals surface area contributed by atoms with E-state index in [4.69, 9.17) is 5.26 Å². The molecule has 0 atom stereocenters. The normalized spacial score (nSPS) is 10.2. The second kappa shape index (κ2) is 4.47. The molecule has 0 bridgehead atoms. The highest BCUT2D eigenvalue weighted by Crippen LogP contribution is 2.16. The Morgan fingerprint density at radius 3 is 2.35 bits per heavy atom. The molecule has 0 aliphatic heterocycles. The third-order valence-corrected chi connectivity index (χ3v) is 3.06. The van der Waals surface area contributed by atoms with Crippen molar-refractivity contribution in [3.63, 3.8) is 0 Å². The second-order valence-corrected chi connectivity index (χ2v) is 4.50. The summed E-state index contributed by atoms with van der Waals surface area (Å²) in [5.41, 5.74) is 5.44. The first-order valence-electron chi connectivity index (χ1n) is 5.74. The van der Waals surface area contributed by atoms with Crippen LogP contribution in [0.3, 0.4) is 0 Å². The number of aromatic nitrogens is 1. The highest BCUT2D eigenvalue weighted by atomic mass is 15.0. The minimum absolute atomic E-state index is 0.767. The number of rotatable bonds is 2. The first kappa shape index (κ1) is 11.5. The fourth-order valence-corrected chi connectivity index (χ4v) is 2.08. The number of benzene rings is 1. The Kier molecular flexibility index (Phi) is 3.01. The van der Waals surface area contributed by atoms with E-state index < -0.39 is 0 Å². The molecule has 1 aromatic carbocycles. The summed E-state index contributed by atoms with van der Waals surface area (Å²) < 4.78 is 2.07. The summed E-state index contributed by atoms with van der Waals surface area (Å²) in [6, 6.07) is 12.8. The molecule has 0 N–H and O–H groups in total. The van der Waals surface area contributed by atoms with Gasteiger partial charge in [-0.05, 0) is 38.0 Å². The summed E-state index contributed by atoms with van der Waals surface area (Å²) in [6.07, 6.45) is 0. The van der Waals surface area contributed by atoms with E-state index in [1.165, 1.54) is 11.1 Å². The Morgan fingerprint density at radius 1 is 1.12 bits per heavy atom. The summed E-state index contributed by atoms with van der Waals surface area (Å²) in [5.74, 6) is 0. The minimum atomic E-state index is 0.767. The van der Waals surface area contributed by atoms with Gasteiger partial charge in [0, 0.05) is 12.2 Å². The summed E-state index contributed by atoms with van der Waals surface area (Å²) in [5, 5.41) is 9.16. The van der Waals surface area contributed by atoms with E-state index in [1.54, 1.807) is 0 Å². The number of nitriles is 1. The van der Waals surface area contributed by atoms with Gasteiger partial charge in [-0.2, -0.15) is 5.26 Å². The van der Waals surface area contributed by atoms with Crippen molar-refractivity contribution in [1.82, 2.24) is 4.57 Å². The molecular formula is C15H16N2. The largest absolute Gasteiger partial charge is 0.332 e. The Hall–Kier alpha value is -2.01. The average molecular weight is 224 g/mol. The van der Waals surface area contributed by atoms with Gasteiger partial charge in [0.25, 0.3) is 0 Å². The van der Waals surface area contributed by atoms with Crippen molar-refractivity contribution < 1.29 is 0 Å². The van der Waals surface area contributed by atoms with Crippen molar-refractivity contribution in [3.8, 4) is 6.07 Å². The first-order chi connectivity index (χ1) is 8.11. The van der Waals surface area contributed by atoms with Crippen LogP contribution in [-0.4, -0.2) is 4.57 Å². The predicted molar refractivity (Wildman–Crippen MR) is 68.9 cm³/mol. The van der Waals surface area contributed by atoms with Crippen molar-refractivity contribution in [2.24, 2.45) is 0 Å². The Bertz CT molecular complexity index is 568. The zero-order valence-corrected chi connectivity index (χ0v) is 10.5. The summed E-state index contributed by atoms with van der Waals surface area (Å²) in [7, 11) is 0. The van der Waals surface area contributed by atoms with E-state index in [1.807, 2.05) is 13.8 Å². The molecule has 0 amide bonds. The van der Waals surface area contributed by atoms with Crippen LogP contribution >= 0.6 is 0 Å². The maximum atomic E-state index is 9.16. The van der Waals surface area contributed by atoms with E-state index in [2.05, 4.69) is 47.9 Å². The molecule has 1 aromatic heterocycles. The van der Waals surface area contributed by atoms with Gasteiger partial charge in [-0.1, -0.05) is 29.8 Å². The molecule has 0 aliphatic rings. The SMILES string of the molecule is Cc1ccc(Cn2c(C)cc(C)c2C#N)cc1. The van der Waals surface area contributed by atoms with Crippen molar-refractivity contribution in [2.45, 2.75) is 27.3 Å². The van der Waals surface area contributed by atoms with Crippen LogP contribution in [0.1, 0.15) is 28.1 Å². The van der Waals surface area contributed by atoms with E-state index >= 15 is 0 Å². The van der Waals surface area contributed by atoms with Crippen molar-refractivity contribution >= 4 is 0 Å². The van der Waals surface area contributed by atoms with Crippen LogP contribution in [0.4, 0.5) is 0 Å². The molecule has 1 heterocycles. The van der Waals surface area contributed by atoms with E-state index in [9.17, 15) is 0 Å². The van der Waals surface area contributed by atoms with E-state index in [0.29, 0.717) is 0 Å². The van der Waals surface area contributed by atoms with E-state index in [0.717, 1.165) is 23.5 Å². The van der Waals surface area contributed by atoms with Gasteiger partial charge in [0.2, 0.25) is 0 Å². The zero-order chi connectivity index (χ0) is 12.4. The first-order valence-corrected chi connectivity index (χ1v) is 5.74. The van der Waals surface area contributed by atoms with Gasteiger partial charge >= 0.3 is 0 Å². The third kappa shape index (κ3) is 2.24. The number of hydrogen-bond donors (Lipinski definition) is 0. The van der Waals surface area contributed by atoms with Crippen LogP contribution in [0.15, 0.2) is 30.3 Å². The highest BCUT2D eigenvalue weighted by molar-refractivity contribution is 5.36. The highest BCUT2D eigenvalue weighted by Gasteiger charge is 2.09. The van der Waals surface area contributed by atoms with Crippen molar-refractivity contribution in [3.05, 3.63) is 58.4 Å². The molecule has 2 rings (SSSR count). The van der Waals surface area contributed by atoms with Gasteiger partial charge in [0.15, 0.2) is 0 Å².